The van der Waals surface area contributed by atoms with Crippen LogP contribution >= 0.6 is 15.9 Å². The highest BCUT2D eigenvalue weighted by Gasteiger charge is 2.27. The van der Waals surface area contributed by atoms with Crippen molar-refractivity contribution in [1.29, 1.82) is 0 Å². The average molecular weight is 365 g/mol. The zero-order valence-electron chi connectivity index (χ0n) is 13.2. The molecule has 1 heterocycles. The van der Waals surface area contributed by atoms with Crippen LogP contribution < -0.4 is 10.6 Å². The van der Waals surface area contributed by atoms with Gasteiger partial charge in [-0.25, -0.2) is 0 Å². The molecule has 0 spiro atoms. The van der Waals surface area contributed by atoms with Gasteiger partial charge in [-0.1, -0.05) is 35.0 Å². The molecule has 0 aromatic heterocycles. The third kappa shape index (κ3) is 3.54. The first kappa shape index (κ1) is 16.0. The number of nitrogens with one attached hydrogen (secondary N) is 2. The summed E-state index contributed by atoms with van der Waals surface area (Å²) in [7, 11) is 0. The number of piperidine rings is 1. The van der Waals surface area contributed by atoms with Gasteiger partial charge in [0.05, 0.1) is 6.04 Å². The van der Waals surface area contributed by atoms with Crippen molar-refractivity contribution in [3.8, 4) is 0 Å². The van der Waals surface area contributed by atoms with Crippen LogP contribution in [0, 0.1) is 11.8 Å². The Hall–Kier alpha value is -0.870. The number of halogens is 1. The van der Waals surface area contributed by atoms with Crippen LogP contribution in [0.15, 0.2) is 22.7 Å². The Kier molecular flexibility index (Phi) is 5.19. The summed E-state index contributed by atoms with van der Waals surface area (Å²) >= 11 is 3.61. The Morgan fingerprint density at radius 3 is 3.09 bits per heavy atom. The minimum atomic E-state index is 0.191. The fourth-order valence-corrected chi connectivity index (χ4v) is 4.42. The summed E-state index contributed by atoms with van der Waals surface area (Å²) in [5.41, 5.74) is 2.65. The Labute approximate surface area is 141 Å². The SMILES string of the molecule is CC(CC(=O)NC1CCc2c(Br)cccc21)C1CCCNC1. The molecule has 1 aliphatic carbocycles. The van der Waals surface area contributed by atoms with Gasteiger partial charge in [0.25, 0.3) is 0 Å². The van der Waals surface area contributed by atoms with Crippen molar-refractivity contribution in [2.45, 2.75) is 45.1 Å². The van der Waals surface area contributed by atoms with Gasteiger partial charge in [-0.05, 0) is 67.8 Å². The van der Waals surface area contributed by atoms with Gasteiger partial charge in [-0.3, -0.25) is 4.79 Å². The van der Waals surface area contributed by atoms with E-state index < -0.39 is 0 Å². The highest BCUT2D eigenvalue weighted by Crippen LogP contribution is 2.35. The molecular formula is C18H25BrN2O. The van der Waals surface area contributed by atoms with E-state index in [1.54, 1.807) is 0 Å². The molecule has 1 fully saturated rings. The van der Waals surface area contributed by atoms with E-state index in [1.807, 2.05) is 0 Å². The molecule has 2 aliphatic rings. The molecule has 4 heteroatoms. The first-order valence-electron chi connectivity index (χ1n) is 8.42. The first-order valence-corrected chi connectivity index (χ1v) is 9.22. The van der Waals surface area contributed by atoms with Crippen molar-refractivity contribution in [3.63, 3.8) is 0 Å². The quantitative estimate of drug-likeness (QED) is 0.857. The van der Waals surface area contributed by atoms with Gasteiger partial charge in [0.15, 0.2) is 0 Å². The van der Waals surface area contributed by atoms with Gasteiger partial charge >= 0.3 is 0 Å². The number of rotatable bonds is 4. The molecule has 2 N–H and O–H groups in total. The number of fused-ring (bicyclic) bond motifs is 1. The van der Waals surface area contributed by atoms with Crippen molar-refractivity contribution >= 4 is 21.8 Å². The molecule has 120 valence electrons. The molecule has 1 saturated heterocycles. The Balaban J connectivity index is 1.56. The maximum atomic E-state index is 12.4. The number of carbonyl (C=O) groups excluding carboxylic acids is 1. The van der Waals surface area contributed by atoms with Crippen LogP contribution in [0.2, 0.25) is 0 Å². The molecule has 3 nitrogen and oxygen atoms in total. The van der Waals surface area contributed by atoms with Crippen LogP contribution in [-0.2, 0) is 11.2 Å². The van der Waals surface area contributed by atoms with Gasteiger partial charge < -0.3 is 10.6 Å². The number of carbonyl (C=O) groups is 1. The lowest BCUT2D eigenvalue weighted by atomic mass is 9.85. The molecule has 1 aromatic rings. The minimum absolute atomic E-state index is 0.191. The van der Waals surface area contributed by atoms with Crippen molar-refractivity contribution in [2.75, 3.05) is 13.1 Å². The zero-order valence-corrected chi connectivity index (χ0v) is 14.8. The summed E-state index contributed by atoms with van der Waals surface area (Å²) in [6, 6.07) is 6.48. The fraction of sp³-hybridized carbons (Fsp3) is 0.611. The van der Waals surface area contributed by atoms with Gasteiger partial charge in [0.2, 0.25) is 5.91 Å². The lowest BCUT2D eigenvalue weighted by Gasteiger charge is -2.28. The third-order valence-corrected chi connectivity index (χ3v) is 5.94. The minimum Gasteiger partial charge on any atom is -0.349 e. The zero-order chi connectivity index (χ0) is 15.5. The molecule has 1 aliphatic heterocycles. The molecule has 22 heavy (non-hydrogen) atoms. The number of hydrogen-bond acceptors (Lipinski definition) is 2. The van der Waals surface area contributed by atoms with E-state index in [9.17, 15) is 4.79 Å². The summed E-state index contributed by atoms with van der Waals surface area (Å²) in [4.78, 5) is 12.4. The van der Waals surface area contributed by atoms with Crippen LogP contribution in [0.1, 0.15) is 49.8 Å². The summed E-state index contributed by atoms with van der Waals surface area (Å²) < 4.78 is 1.17. The maximum absolute atomic E-state index is 12.4. The molecule has 3 rings (SSSR count). The summed E-state index contributed by atoms with van der Waals surface area (Å²) in [6.45, 7) is 4.41. The second-order valence-corrected chi connectivity index (χ2v) is 7.61. The largest absolute Gasteiger partial charge is 0.349 e. The molecule has 3 unspecified atom stereocenters. The standard InChI is InChI=1S/C18H25BrN2O/c1-12(13-4-3-9-20-11-13)10-18(22)21-17-8-7-14-15(17)5-2-6-16(14)19/h2,5-6,12-13,17,20H,3-4,7-11H2,1H3,(H,21,22). The average Bonchev–Trinajstić information content (AvgIpc) is 2.92. The molecule has 0 saturated carbocycles. The highest BCUT2D eigenvalue weighted by molar-refractivity contribution is 9.10. The lowest BCUT2D eigenvalue weighted by Crippen LogP contribution is -2.36. The molecule has 0 bridgehead atoms. The van der Waals surface area contributed by atoms with E-state index >= 15 is 0 Å². The van der Waals surface area contributed by atoms with Gasteiger partial charge in [0, 0.05) is 10.9 Å². The molecular weight excluding hydrogens is 340 g/mol. The van der Waals surface area contributed by atoms with Gasteiger partial charge in [-0.15, -0.1) is 0 Å². The van der Waals surface area contributed by atoms with Gasteiger partial charge in [0.1, 0.15) is 0 Å². The Bertz CT molecular complexity index is 540. The summed E-state index contributed by atoms with van der Waals surface area (Å²) in [5.74, 6) is 1.30. The monoisotopic (exact) mass is 364 g/mol. The number of hydrogen-bond donors (Lipinski definition) is 2. The first-order chi connectivity index (χ1) is 10.6. The summed E-state index contributed by atoms with van der Waals surface area (Å²) in [5, 5.41) is 6.70. The van der Waals surface area contributed by atoms with E-state index in [1.165, 1.54) is 28.4 Å². The molecule has 1 aromatic carbocycles. The van der Waals surface area contributed by atoms with Crippen LogP contribution in [-0.4, -0.2) is 19.0 Å². The lowest BCUT2D eigenvalue weighted by molar-refractivity contribution is -0.123. The topological polar surface area (TPSA) is 41.1 Å². The summed E-state index contributed by atoms with van der Waals surface area (Å²) in [6.07, 6.45) is 5.19. The highest BCUT2D eigenvalue weighted by atomic mass is 79.9. The number of benzene rings is 1. The predicted molar refractivity (Wildman–Crippen MR) is 92.7 cm³/mol. The van der Waals surface area contributed by atoms with E-state index in [0.29, 0.717) is 18.3 Å². The third-order valence-electron chi connectivity index (χ3n) is 5.20. The maximum Gasteiger partial charge on any atom is 0.220 e. The molecule has 0 radical (unpaired) electrons. The Morgan fingerprint density at radius 1 is 1.45 bits per heavy atom. The van der Waals surface area contributed by atoms with E-state index in [2.05, 4.69) is 51.7 Å². The second kappa shape index (κ2) is 7.14. The molecule has 1 amide bonds. The fourth-order valence-electron chi connectivity index (χ4n) is 3.84. The van der Waals surface area contributed by atoms with Crippen molar-refractivity contribution in [3.05, 3.63) is 33.8 Å². The number of amides is 1. The van der Waals surface area contributed by atoms with Crippen LogP contribution in [0.4, 0.5) is 0 Å². The second-order valence-electron chi connectivity index (χ2n) is 6.75. The van der Waals surface area contributed by atoms with Crippen LogP contribution in [0.3, 0.4) is 0 Å². The van der Waals surface area contributed by atoms with E-state index in [-0.39, 0.29) is 11.9 Å². The normalized spacial score (nSPS) is 25.5. The van der Waals surface area contributed by atoms with E-state index in [0.717, 1.165) is 25.9 Å². The van der Waals surface area contributed by atoms with Crippen LogP contribution in [0.5, 0.6) is 0 Å². The Morgan fingerprint density at radius 2 is 2.32 bits per heavy atom. The van der Waals surface area contributed by atoms with Crippen molar-refractivity contribution in [2.24, 2.45) is 11.8 Å². The van der Waals surface area contributed by atoms with Crippen molar-refractivity contribution < 1.29 is 4.79 Å². The van der Waals surface area contributed by atoms with Gasteiger partial charge in [-0.2, -0.15) is 0 Å². The van der Waals surface area contributed by atoms with E-state index in [4.69, 9.17) is 0 Å². The van der Waals surface area contributed by atoms with Crippen molar-refractivity contribution in [1.82, 2.24) is 10.6 Å². The molecule has 3 atom stereocenters. The van der Waals surface area contributed by atoms with Crippen LogP contribution in [0.25, 0.3) is 0 Å². The smallest absolute Gasteiger partial charge is 0.220 e. The predicted octanol–water partition coefficient (Wildman–Crippen LogP) is 3.58.